The first kappa shape index (κ1) is 15.4. The number of carbonyl (C=O) groups is 1. The van der Waals surface area contributed by atoms with Crippen LogP contribution in [0.3, 0.4) is 0 Å². The Morgan fingerprint density at radius 2 is 2.04 bits per heavy atom. The first-order chi connectivity index (χ1) is 11.1. The minimum atomic E-state index is -0.982. The molecule has 1 atom stereocenters. The van der Waals surface area contributed by atoms with E-state index in [0.29, 0.717) is 36.0 Å². The van der Waals surface area contributed by atoms with Crippen LogP contribution in [0.5, 0.6) is 17.2 Å². The van der Waals surface area contributed by atoms with E-state index in [1.807, 2.05) is 24.3 Å². The van der Waals surface area contributed by atoms with Crippen molar-refractivity contribution in [3.8, 4) is 17.2 Å². The number of hydrogen-bond donors (Lipinski definition) is 1. The SMILES string of the molecule is CCC(C)COc1ccc2c(c1C(=O)O)Cc1ccccc1O2. The maximum absolute atomic E-state index is 11.8. The van der Waals surface area contributed by atoms with Crippen molar-refractivity contribution in [2.45, 2.75) is 26.7 Å². The monoisotopic (exact) mass is 312 g/mol. The molecule has 0 saturated heterocycles. The first-order valence-corrected chi connectivity index (χ1v) is 7.87. The maximum Gasteiger partial charge on any atom is 0.339 e. The van der Waals surface area contributed by atoms with Gasteiger partial charge >= 0.3 is 5.97 Å². The van der Waals surface area contributed by atoms with E-state index in [1.165, 1.54) is 0 Å². The van der Waals surface area contributed by atoms with E-state index in [-0.39, 0.29) is 5.56 Å². The number of para-hydroxylation sites is 1. The third kappa shape index (κ3) is 3.02. The molecule has 0 spiro atoms. The third-order valence-corrected chi connectivity index (χ3v) is 4.23. The smallest absolute Gasteiger partial charge is 0.339 e. The van der Waals surface area contributed by atoms with Crippen molar-refractivity contribution in [2.24, 2.45) is 5.92 Å². The van der Waals surface area contributed by atoms with E-state index in [0.717, 1.165) is 17.7 Å². The molecular formula is C19H20O4. The molecule has 1 unspecified atom stereocenters. The van der Waals surface area contributed by atoms with Crippen LogP contribution in [0.4, 0.5) is 0 Å². The van der Waals surface area contributed by atoms with Gasteiger partial charge in [0.1, 0.15) is 22.8 Å². The van der Waals surface area contributed by atoms with Gasteiger partial charge in [0.05, 0.1) is 6.61 Å². The van der Waals surface area contributed by atoms with Gasteiger partial charge in [0.2, 0.25) is 0 Å². The highest BCUT2D eigenvalue weighted by Gasteiger charge is 2.26. The Morgan fingerprint density at radius 3 is 2.78 bits per heavy atom. The van der Waals surface area contributed by atoms with Gasteiger partial charge in [-0.1, -0.05) is 38.5 Å². The second-order valence-electron chi connectivity index (χ2n) is 5.93. The van der Waals surface area contributed by atoms with Gasteiger partial charge < -0.3 is 14.6 Å². The van der Waals surface area contributed by atoms with Crippen LogP contribution in [0.2, 0.25) is 0 Å². The number of rotatable bonds is 5. The summed E-state index contributed by atoms with van der Waals surface area (Å²) in [6.45, 7) is 4.68. The molecule has 1 N–H and O–H groups in total. The Kier molecular flexibility index (Phi) is 4.24. The lowest BCUT2D eigenvalue weighted by molar-refractivity contribution is 0.0689. The Hall–Kier alpha value is -2.49. The van der Waals surface area contributed by atoms with Crippen molar-refractivity contribution in [1.82, 2.24) is 0 Å². The van der Waals surface area contributed by atoms with Crippen molar-refractivity contribution in [2.75, 3.05) is 6.61 Å². The van der Waals surface area contributed by atoms with Crippen LogP contribution >= 0.6 is 0 Å². The second kappa shape index (κ2) is 6.32. The molecule has 120 valence electrons. The van der Waals surface area contributed by atoms with Crippen LogP contribution in [-0.4, -0.2) is 17.7 Å². The van der Waals surface area contributed by atoms with Crippen molar-refractivity contribution in [3.05, 3.63) is 53.1 Å². The molecule has 2 aromatic rings. The van der Waals surface area contributed by atoms with Gasteiger partial charge in [0.15, 0.2) is 0 Å². The fourth-order valence-corrected chi connectivity index (χ4v) is 2.64. The molecule has 1 aliphatic heterocycles. The van der Waals surface area contributed by atoms with Gasteiger partial charge in [-0.15, -0.1) is 0 Å². The Labute approximate surface area is 135 Å². The normalized spacial score (nSPS) is 13.5. The van der Waals surface area contributed by atoms with Crippen LogP contribution in [-0.2, 0) is 6.42 Å². The minimum Gasteiger partial charge on any atom is -0.492 e. The van der Waals surface area contributed by atoms with Crippen LogP contribution < -0.4 is 9.47 Å². The molecule has 4 nitrogen and oxygen atoms in total. The number of hydrogen-bond acceptors (Lipinski definition) is 3. The summed E-state index contributed by atoms with van der Waals surface area (Å²) in [5.74, 6) is 1.19. The number of carboxylic acids is 1. The highest BCUT2D eigenvalue weighted by molar-refractivity contribution is 5.94. The van der Waals surface area contributed by atoms with E-state index in [2.05, 4.69) is 13.8 Å². The van der Waals surface area contributed by atoms with E-state index >= 15 is 0 Å². The number of ether oxygens (including phenoxy) is 2. The highest BCUT2D eigenvalue weighted by Crippen LogP contribution is 2.41. The maximum atomic E-state index is 11.8. The van der Waals surface area contributed by atoms with Crippen LogP contribution in [0.1, 0.15) is 41.8 Å². The molecule has 0 aromatic heterocycles. The molecule has 2 aromatic carbocycles. The number of aromatic carboxylic acids is 1. The summed E-state index contributed by atoms with van der Waals surface area (Å²) in [6.07, 6.45) is 1.53. The summed E-state index contributed by atoms with van der Waals surface area (Å²) < 4.78 is 11.6. The number of benzene rings is 2. The lowest BCUT2D eigenvalue weighted by Gasteiger charge is -2.23. The summed E-state index contributed by atoms with van der Waals surface area (Å²) in [7, 11) is 0. The van der Waals surface area contributed by atoms with Crippen molar-refractivity contribution in [1.29, 1.82) is 0 Å². The zero-order chi connectivity index (χ0) is 16.4. The molecule has 0 bridgehead atoms. The molecule has 0 radical (unpaired) electrons. The predicted molar refractivity (Wildman–Crippen MR) is 87.7 cm³/mol. The average molecular weight is 312 g/mol. The van der Waals surface area contributed by atoms with Gasteiger partial charge in [-0.25, -0.2) is 4.79 Å². The summed E-state index contributed by atoms with van der Waals surface area (Å²) in [5.41, 5.74) is 1.87. The molecule has 23 heavy (non-hydrogen) atoms. The fraction of sp³-hybridized carbons (Fsp3) is 0.316. The number of fused-ring (bicyclic) bond motifs is 2. The molecule has 1 aliphatic rings. The van der Waals surface area contributed by atoms with Gasteiger partial charge in [-0.2, -0.15) is 0 Å². The third-order valence-electron chi connectivity index (χ3n) is 4.23. The van der Waals surface area contributed by atoms with E-state index < -0.39 is 5.97 Å². The molecule has 0 saturated carbocycles. The lowest BCUT2D eigenvalue weighted by atomic mass is 9.95. The largest absolute Gasteiger partial charge is 0.492 e. The van der Waals surface area contributed by atoms with E-state index in [4.69, 9.17) is 9.47 Å². The summed E-state index contributed by atoms with van der Waals surface area (Å²) in [4.78, 5) is 11.8. The van der Waals surface area contributed by atoms with E-state index in [1.54, 1.807) is 12.1 Å². The Morgan fingerprint density at radius 1 is 1.26 bits per heavy atom. The summed E-state index contributed by atoms with van der Waals surface area (Å²) in [5, 5.41) is 9.66. The molecule has 0 fully saturated rings. The fourth-order valence-electron chi connectivity index (χ4n) is 2.64. The Balaban J connectivity index is 1.98. The topological polar surface area (TPSA) is 55.8 Å². The molecular weight excluding hydrogens is 292 g/mol. The standard InChI is InChI=1S/C19H20O4/c1-3-12(2)11-22-17-9-8-16-14(18(17)19(20)21)10-13-6-4-5-7-15(13)23-16/h4-9,12H,3,10-11H2,1-2H3,(H,20,21). The summed E-state index contributed by atoms with van der Waals surface area (Å²) >= 11 is 0. The minimum absolute atomic E-state index is 0.209. The van der Waals surface area contributed by atoms with Gasteiger partial charge in [-0.05, 0) is 29.7 Å². The van der Waals surface area contributed by atoms with Gasteiger partial charge in [0.25, 0.3) is 0 Å². The molecule has 4 heteroatoms. The van der Waals surface area contributed by atoms with E-state index in [9.17, 15) is 9.90 Å². The van der Waals surface area contributed by atoms with Crippen molar-refractivity contribution >= 4 is 5.97 Å². The van der Waals surface area contributed by atoms with Crippen molar-refractivity contribution in [3.63, 3.8) is 0 Å². The zero-order valence-electron chi connectivity index (χ0n) is 13.3. The molecule has 3 rings (SSSR count). The zero-order valence-corrected chi connectivity index (χ0v) is 13.3. The summed E-state index contributed by atoms with van der Waals surface area (Å²) in [6, 6.07) is 11.2. The van der Waals surface area contributed by atoms with Crippen molar-refractivity contribution < 1.29 is 19.4 Å². The molecule has 0 amide bonds. The second-order valence-corrected chi connectivity index (χ2v) is 5.93. The predicted octanol–water partition coefficient (Wildman–Crippen LogP) is 4.51. The average Bonchev–Trinajstić information content (AvgIpc) is 2.56. The van der Waals surface area contributed by atoms with Crippen LogP contribution in [0, 0.1) is 5.92 Å². The quantitative estimate of drug-likeness (QED) is 0.753. The molecule has 0 aliphatic carbocycles. The van der Waals surface area contributed by atoms with Crippen LogP contribution in [0.15, 0.2) is 36.4 Å². The number of carboxylic acid groups (broad SMARTS) is 1. The van der Waals surface area contributed by atoms with Gasteiger partial charge in [0, 0.05) is 12.0 Å². The highest BCUT2D eigenvalue weighted by atomic mass is 16.5. The Bertz CT molecular complexity index is 736. The lowest BCUT2D eigenvalue weighted by Crippen LogP contribution is -2.14. The van der Waals surface area contributed by atoms with Gasteiger partial charge in [-0.3, -0.25) is 0 Å². The molecule has 1 heterocycles. The first-order valence-electron chi connectivity index (χ1n) is 7.87. The van der Waals surface area contributed by atoms with Crippen LogP contribution in [0.25, 0.3) is 0 Å².